The zero-order valence-corrected chi connectivity index (χ0v) is 9.31. The van der Waals surface area contributed by atoms with E-state index >= 15 is 0 Å². The molecule has 1 aliphatic rings. The standard InChI is InChI=1S/C13H15NO2/c1-14-5-4-10-6-11(2-3-12(10)14)13(7-15)8-16-9-13/h2-6,15H,7-9H2,1H3. The molecule has 1 aliphatic heterocycles. The molecule has 0 amide bonds. The van der Waals surface area contributed by atoms with Crippen LogP contribution in [-0.2, 0) is 17.2 Å². The predicted molar refractivity (Wildman–Crippen MR) is 62.5 cm³/mol. The molecule has 0 saturated carbocycles. The van der Waals surface area contributed by atoms with Gasteiger partial charge < -0.3 is 14.4 Å². The lowest BCUT2D eigenvalue weighted by Gasteiger charge is -2.40. The summed E-state index contributed by atoms with van der Waals surface area (Å²) >= 11 is 0. The fourth-order valence-electron chi connectivity index (χ4n) is 2.31. The molecule has 0 atom stereocenters. The van der Waals surface area contributed by atoms with Crippen molar-refractivity contribution in [1.29, 1.82) is 0 Å². The summed E-state index contributed by atoms with van der Waals surface area (Å²) in [6.07, 6.45) is 2.05. The van der Waals surface area contributed by atoms with Gasteiger partial charge >= 0.3 is 0 Å². The molecule has 16 heavy (non-hydrogen) atoms. The molecule has 3 rings (SSSR count). The van der Waals surface area contributed by atoms with E-state index in [2.05, 4.69) is 35.0 Å². The molecule has 1 aromatic heterocycles. The monoisotopic (exact) mass is 217 g/mol. The first kappa shape index (κ1) is 9.87. The van der Waals surface area contributed by atoms with E-state index in [0.717, 1.165) is 0 Å². The summed E-state index contributed by atoms with van der Waals surface area (Å²) in [5.74, 6) is 0. The van der Waals surface area contributed by atoms with Crippen LogP contribution in [0, 0.1) is 0 Å². The van der Waals surface area contributed by atoms with Crippen LogP contribution in [-0.4, -0.2) is 29.5 Å². The molecule has 1 fully saturated rings. The van der Waals surface area contributed by atoms with E-state index in [0.29, 0.717) is 13.2 Å². The van der Waals surface area contributed by atoms with Crippen molar-refractivity contribution in [3.05, 3.63) is 36.0 Å². The van der Waals surface area contributed by atoms with Gasteiger partial charge in [0.2, 0.25) is 0 Å². The lowest BCUT2D eigenvalue weighted by Crippen LogP contribution is -2.49. The van der Waals surface area contributed by atoms with Gasteiger partial charge in [-0.15, -0.1) is 0 Å². The topological polar surface area (TPSA) is 34.4 Å². The van der Waals surface area contributed by atoms with Gasteiger partial charge in [-0.25, -0.2) is 0 Å². The minimum absolute atomic E-state index is 0.158. The number of benzene rings is 1. The van der Waals surface area contributed by atoms with E-state index in [1.165, 1.54) is 16.5 Å². The summed E-state index contributed by atoms with van der Waals surface area (Å²) < 4.78 is 7.33. The first-order valence-corrected chi connectivity index (χ1v) is 5.49. The molecule has 3 nitrogen and oxygen atoms in total. The highest BCUT2D eigenvalue weighted by Crippen LogP contribution is 2.33. The molecular formula is C13H15NO2. The Morgan fingerprint density at radius 1 is 1.38 bits per heavy atom. The Bertz CT molecular complexity index is 520. The minimum Gasteiger partial charge on any atom is -0.395 e. The third kappa shape index (κ3) is 1.22. The molecule has 3 heteroatoms. The van der Waals surface area contributed by atoms with Crippen LogP contribution in [0.1, 0.15) is 5.56 Å². The SMILES string of the molecule is Cn1ccc2cc(C3(CO)COC3)ccc21. The average molecular weight is 217 g/mol. The summed E-state index contributed by atoms with van der Waals surface area (Å²) in [6, 6.07) is 8.47. The van der Waals surface area contributed by atoms with Crippen LogP contribution in [0.15, 0.2) is 30.5 Å². The smallest absolute Gasteiger partial charge is 0.0651 e. The van der Waals surface area contributed by atoms with Crippen LogP contribution in [0.2, 0.25) is 0 Å². The van der Waals surface area contributed by atoms with Crippen molar-refractivity contribution in [3.63, 3.8) is 0 Å². The number of fused-ring (bicyclic) bond motifs is 1. The molecule has 1 N–H and O–H groups in total. The Labute approximate surface area is 94.3 Å². The molecule has 2 aromatic rings. The number of aromatic nitrogens is 1. The molecule has 84 valence electrons. The van der Waals surface area contributed by atoms with Crippen molar-refractivity contribution in [3.8, 4) is 0 Å². The average Bonchev–Trinajstić information content (AvgIpc) is 2.60. The number of aliphatic hydroxyl groups is 1. The van der Waals surface area contributed by atoms with E-state index in [1.54, 1.807) is 0 Å². The number of rotatable bonds is 2. The number of aryl methyl sites for hydroxylation is 1. The van der Waals surface area contributed by atoms with Crippen LogP contribution in [0.3, 0.4) is 0 Å². The normalized spacial score (nSPS) is 18.6. The molecule has 1 saturated heterocycles. The predicted octanol–water partition coefficient (Wildman–Crippen LogP) is 1.44. The fraction of sp³-hybridized carbons (Fsp3) is 0.385. The molecule has 0 bridgehead atoms. The number of aliphatic hydroxyl groups excluding tert-OH is 1. The third-order valence-electron chi connectivity index (χ3n) is 3.56. The Morgan fingerprint density at radius 2 is 2.19 bits per heavy atom. The van der Waals surface area contributed by atoms with Crippen molar-refractivity contribution < 1.29 is 9.84 Å². The summed E-state index contributed by atoms with van der Waals surface area (Å²) in [5, 5.41) is 10.7. The van der Waals surface area contributed by atoms with Gasteiger partial charge in [0.1, 0.15) is 0 Å². The van der Waals surface area contributed by atoms with E-state index in [1.807, 2.05) is 7.05 Å². The molecule has 0 radical (unpaired) electrons. The first-order chi connectivity index (χ1) is 7.75. The Balaban J connectivity index is 2.11. The summed E-state index contributed by atoms with van der Waals surface area (Å²) in [4.78, 5) is 0. The fourth-order valence-corrected chi connectivity index (χ4v) is 2.31. The minimum atomic E-state index is -0.163. The first-order valence-electron chi connectivity index (χ1n) is 5.49. The van der Waals surface area contributed by atoms with Gasteiger partial charge in [-0.1, -0.05) is 6.07 Å². The molecular weight excluding hydrogens is 202 g/mol. The third-order valence-corrected chi connectivity index (χ3v) is 3.56. The second kappa shape index (κ2) is 3.34. The van der Waals surface area contributed by atoms with E-state index in [-0.39, 0.29) is 12.0 Å². The number of nitrogens with zero attached hydrogens (tertiary/aromatic N) is 1. The van der Waals surface area contributed by atoms with E-state index < -0.39 is 0 Å². The van der Waals surface area contributed by atoms with Crippen molar-refractivity contribution >= 4 is 10.9 Å². The Hall–Kier alpha value is -1.32. The number of hydrogen-bond donors (Lipinski definition) is 1. The largest absolute Gasteiger partial charge is 0.395 e. The number of ether oxygens (including phenoxy) is 1. The van der Waals surface area contributed by atoms with Crippen LogP contribution in [0.5, 0.6) is 0 Å². The molecule has 2 heterocycles. The van der Waals surface area contributed by atoms with Crippen molar-refractivity contribution in [2.45, 2.75) is 5.41 Å². The van der Waals surface area contributed by atoms with Gasteiger partial charge in [0.15, 0.2) is 0 Å². The van der Waals surface area contributed by atoms with Gasteiger partial charge in [0.25, 0.3) is 0 Å². The van der Waals surface area contributed by atoms with Gasteiger partial charge in [0, 0.05) is 18.8 Å². The molecule has 0 aliphatic carbocycles. The van der Waals surface area contributed by atoms with Crippen LogP contribution < -0.4 is 0 Å². The Kier molecular flexibility index (Phi) is 2.06. The quantitative estimate of drug-likeness (QED) is 0.826. The van der Waals surface area contributed by atoms with Crippen molar-refractivity contribution in [2.24, 2.45) is 7.05 Å². The lowest BCUT2D eigenvalue weighted by molar-refractivity contribution is -0.0841. The highest BCUT2D eigenvalue weighted by atomic mass is 16.5. The highest BCUT2D eigenvalue weighted by Gasteiger charge is 2.39. The number of hydrogen-bond acceptors (Lipinski definition) is 2. The maximum Gasteiger partial charge on any atom is 0.0651 e. The second-order valence-electron chi connectivity index (χ2n) is 4.63. The molecule has 0 spiro atoms. The van der Waals surface area contributed by atoms with Crippen molar-refractivity contribution in [2.75, 3.05) is 19.8 Å². The van der Waals surface area contributed by atoms with Crippen LogP contribution in [0.25, 0.3) is 10.9 Å². The van der Waals surface area contributed by atoms with Gasteiger partial charge in [0.05, 0.1) is 25.2 Å². The second-order valence-corrected chi connectivity index (χ2v) is 4.63. The highest BCUT2D eigenvalue weighted by molar-refractivity contribution is 5.81. The summed E-state index contributed by atoms with van der Waals surface area (Å²) in [7, 11) is 2.04. The summed E-state index contributed by atoms with van der Waals surface area (Å²) in [6.45, 7) is 1.41. The maximum absolute atomic E-state index is 9.48. The van der Waals surface area contributed by atoms with E-state index in [9.17, 15) is 5.11 Å². The van der Waals surface area contributed by atoms with Gasteiger partial charge in [-0.05, 0) is 29.1 Å². The van der Waals surface area contributed by atoms with Crippen molar-refractivity contribution in [1.82, 2.24) is 4.57 Å². The zero-order valence-electron chi connectivity index (χ0n) is 9.31. The van der Waals surface area contributed by atoms with Crippen LogP contribution >= 0.6 is 0 Å². The van der Waals surface area contributed by atoms with Crippen LogP contribution in [0.4, 0.5) is 0 Å². The molecule has 0 unspecified atom stereocenters. The van der Waals surface area contributed by atoms with Gasteiger partial charge in [-0.2, -0.15) is 0 Å². The zero-order chi connectivity index (χ0) is 11.2. The van der Waals surface area contributed by atoms with Gasteiger partial charge in [-0.3, -0.25) is 0 Å². The maximum atomic E-state index is 9.48. The van der Waals surface area contributed by atoms with E-state index in [4.69, 9.17) is 4.74 Å². The Morgan fingerprint density at radius 3 is 2.81 bits per heavy atom. The summed E-state index contributed by atoms with van der Waals surface area (Å²) in [5.41, 5.74) is 2.24. The lowest BCUT2D eigenvalue weighted by atomic mass is 9.79. The molecule has 1 aromatic carbocycles.